The van der Waals surface area contributed by atoms with E-state index in [9.17, 15) is 21.6 Å². The third kappa shape index (κ3) is 4.52. The van der Waals surface area contributed by atoms with E-state index in [2.05, 4.69) is 4.74 Å². The number of amides is 1. The van der Waals surface area contributed by atoms with Crippen molar-refractivity contribution in [1.82, 2.24) is 4.72 Å². The largest absolute Gasteiger partial charge is 0.452 e. The van der Waals surface area contributed by atoms with E-state index in [1.54, 1.807) is 0 Å². The van der Waals surface area contributed by atoms with Crippen LogP contribution in [0.25, 0.3) is 0 Å². The van der Waals surface area contributed by atoms with Gasteiger partial charge in [0, 0.05) is 0 Å². The second kappa shape index (κ2) is 5.83. The molecule has 0 fully saturated rings. The molecule has 1 aromatic carbocycles. The van der Waals surface area contributed by atoms with Gasteiger partial charge in [0.15, 0.2) is 0 Å². The highest BCUT2D eigenvalue weighted by molar-refractivity contribution is 7.91. The first-order chi connectivity index (χ1) is 9.05. The van der Waals surface area contributed by atoms with Crippen molar-refractivity contribution < 1.29 is 26.4 Å². The van der Waals surface area contributed by atoms with Crippen LogP contribution in [0.2, 0.25) is 5.02 Å². The fraction of sp³-hybridized carbons (Fsp3) is 0.125. The lowest BCUT2D eigenvalue weighted by Crippen LogP contribution is -2.35. The minimum Gasteiger partial charge on any atom is -0.452 e. The zero-order chi connectivity index (χ0) is 15.6. The summed E-state index contributed by atoms with van der Waals surface area (Å²) in [5.41, 5.74) is -0.269. The lowest BCUT2D eigenvalue weighted by molar-refractivity contribution is 0.177. The SMILES string of the molecule is COC(=O)NS(=O)(=O)Nc1cc(S(N)(=O)=O)ccc1Cl. The minimum absolute atomic E-state index is 0.0901. The molecule has 1 rings (SSSR count). The predicted octanol–water partition coefficient (Wildman–Crippen LogP) is 0.000100. The molecule has 0 bridgehead atoms. The Balaban J connectivity index is 3.12. The molecule has 1 amide bonds. The van der Waals surface area contributed by atoms with Gasteiger partial charge >= 0.3 is 16.3 Å². The second-order valence-corrected chi connectivity index (χ2v) is 6.77. The van der Waals surface area contributed by atoms with Crippen LogP contribution in [-0.4, -0.2) is 30.0 Å². The van der Waals surface area contributed by atoms with Crippen LogP contribution in [0.1, 0.15) is 0 Å². The van der Waals surface area contributed by atoms with Crippen LogP contribution in [0, 0.1) is 0 Å². The number of nitrogens with two attached hydrogens (primary N) is 1. The molecule has 12 heteroatoms. The normalized spacial score (nSPS) is 11.8. The quantitative estimate of drug-likeness (QED) is 0.701. The predicted molar refractivity (Wildman–Crippen MR) is 70.9 cm³/mol. The van der Waals surface area contributed by atoms with Gasteiger partial charge in [-0.15, -0.1) is 0 Å². The molecule has 20 heavy (non-hydrogen) atoms. The highest BCUT2D eigenvalue weighted by Crippen LogP contribution is 2.25. The molecule has 0 aliphatic heterocycles. The van der Waals surface area contributed by atoms with Gasteiger partial charge in [0.2, 0.25) is 10.0 Å². The topological polar surface area (TPSA) is 145 Å². The van der Waals surface area contributed by atoms with Gasteiger partial charge in [0.25, 0.3) is 0 Å². The van der Waals surface area contributed by atoms with Gasteiger partial charge in [-0.2, -0.15) is 8.42 Å². The molecule has 0 aromatic heterocycles. The van der Waals surface area contributed by atoms with Crippen LogP contribution < -0.4 is 14.6 Å². The number of carbonyl (C=O) groups excluding carboxylic acids is 1. The Hall–Kier alpha value is -1.56. The summed E-state index contributed by atoms with van der Waals surface area (Å²) in [6, 6.07) is 3.15. The Bertz CT molecular complexity index is 731. The molecule has 0 heterocycles. The van der Waals surface area contributed by atoms with Crippen molar-refractivity contribution in [3.8, 4) is 0 Å². The molecule has 0 spiro atoms. The molecular formula is C8H10ClN3O6S2. The number of primary sulfonamides is 1. The molecule has 0 aliphatic carbocycles. The van der Waals surface area contributed by atoms with E-state index in [1.807, 2.05) is 4.72 Å². The average molecular weight is 344 g/mol. The minimum atomic E-state index is -4.33. The van der Waals surface area contributed by atoms with Crippen LogP contribution in [0.5, 0.6) is 0 Å². The zero-order valence-electron chi connectivity index (χ0n) is 9.95. The smallest absolute Gasteiger partial charge is 0.422 e. The number of methoxy groups -OCH3 is 1. The number of hydrogen-bond donors (Lipinski definition) is 3. The van der Waals surface area contributed by atoms with Gasteiger partial charge in [-0.1, -0.05) is 11.6 Å². The van der Waals surface area contributed by atoms with Crippen LogP contribution >= 0.6 is 11.6 Å². The van der Waals surface area contributed by atoms with Crippen LogP contribution in [0.4, 0.5) is 10.5 Å². The van der Waals surface area contributed by atoms with Gasteiger partial charge in [-0.25, -0.2) is 23.1 Å². The molecule has 112 valence electrons. The van der Waals surface area contributed by atoms with Gasteiger partial charge < -0.3 is 4.74 Å². The van der Waals surface area contributed by atoms with Crippen molar-refractivity contribution in [3.05, 3.63) is 23.2 Å². The number of carbonyl (C=O) groups is 1. The van der Waals surface area contributed by atoms with E-state index in [1.165, 1.54) is 4.72 Å². The Kier molecular flexibility index (Phi) is 4.81. The Morgan fingerprint density at radius 2 is 1.90 bits per heavy atom. The Labute approximate surface area is 120 Å². The molecule has 0 saturated heterocycles. The van der Waals surface area contributed by atoms with Crippen molar-refractivity contribution >= 4 is 43.6 Å². The standard InChI is InChI=1S/C8H10ClN3O6S2/c1-18-8(13)12-20(16,17)11-7-4-5(19(10,14)15)2-3-6(7)9/h2-4,11H,1H3,(H,12,13)(H2,10,14,15). The summed E-state index contributed by atoms with van der Waals surface area (Å²) in [6.07, 6.45) is -1.23. The van der Waals surface area contributed by atoms with E-state index >= 15 is 0 Å². The number of halogens is 1. The van der Waals surface area contributed by atoms with E-state index in [0.29, 0.717) is 0 Å². The number of anilines is 1. The summed E-state index contributed by atoms with van der Waals surface area (Å²) >= 11 is 5.72. The van der Waals surface area contributed by atoms with E-state index in [-0.39, 0.29) is 15.6 Å². The van der Waals surface area contributed by atoms with E-state index < -0.39 is 26.3 Å². The maximum atomic E-state index is 11.5. The molecule has 0 atom stereocenters. The van der Waals surface area contributed by atoms with Gasteiger partial charge in [-0.05, 0) is 18.2 Å². The third-order valence-electron chi connectivity index (χ3n) is 1.91. The number of ether oxygens (including phenoxy) is 1. The van der Waals surface area contributed by atoms with Crippen LogP contribution in [-0.2, 0) is 25.0 Å². The molecule has 4 N–H and O–H groups in total. The molecule has 9 nitrogen and oxygen atoms in total. The highest BCUT2D eigenvalue weighted by atomic mass is 35.5. The number of sulfonamides is 1. The molecule has 0 aliphatic rings. The number of nitrogens with one attached hydrogen (secondary N) is 2. The summed E-state index contributed by atoms with van der Waals surface area (Å²) in [7, 11) is -7.38. The van der Waals surface area contributed by atoms with Gasteiger partial charge in [-0.3, -0.25) is 4.72 Å². The first kappa shape index (κ1) is 16.5. The summed E-state index contributed by atoms with van der Waals surface area (Å²) in [5, 5.41) is 4.81. The number of rotatable bonds is 4. The average Bonchev–Trinajstić information content (AvgIpc) is 2.29. The third-order valence-corrected chi connectivity index (χ3v) is 4.08. The molecular weight excluding hydrogens is 334 g/mol. The van der Waals surface area contributed by atoms with Gasteiger partial charge in [0.1, 0.15) is 0 Å². The highest BCUT2D eigenvalue weighted by Gasteiger charge is 2.18. The molecule has 0 unspecified atom stereocenters. The van der Waals surface area contributed by atoms with Crippen molar-refractivity contribution in [3.63, 3.8) is 0 Å². The summed E-state index contributed by atoms with van der Waals surface area (Å²) in [4.78, 5) is 10.5. The fourth-order valence-corrected chi connectivity index (χ4v) is 2.65. The van der Waals surface area contributed by atoms with E-state index in [4.69, 9.17) is 16.7 Å². The lowest BCUT2D eigenvalue weighted by atomic mass is 10.3. The van der Waals surface area contributed by atoms with Crippen molar-refractivity contribution in [2.24, 2.45) is 5.14 Å². The number of benzene rings is 1. The first-order valence-electron chi connectivity index (χ1n) is 4.76. The molecule has 0 saturated carbocycles. The Morgan fingerprint density at radius 1 is 1.30 bits per heavy atom. The summed E-state index contributed by atoms with van der Waals surface area (Å²) in [5.74, 6) is 0. The van der Waals surface area contributed by atoms with Gasteiger partial charge in [0.05, 0.1) is 22.7 Å². The molecule has 0 radical (unpaired) electrons. The summed E-state index contributed by atoms with van der Waals surface area (Å²) in [6.45, 7) is 0. The van der Waals surface area contributed by atoms with Crippen molar-refractivity contribution in [1.29, 1.82) is 0 Å². The lowest BCUT2D eigenvalue weighted by Gasteiger charge is -2.10. The van der Waals surface area contributed by atoms with E-state index in [0.717, 1.165) is 25.3 Å². The monoisotopic (exact) mass is 343 g/mol. The van der Waals surface area contributed by atoms with Crippen LogP contribution in [0.3, 0.4) is 0 Å². The fourth-order valence-electron chi connectivity index (χ4n) is 1.08. The van der Waals surface area contributed by atoms with Crippen molar-refractivity contribution in [2.75, 3.05) is 11.8 Å². The summed E-state index contributed by atoms with van der Waals surface area (Å²) < 4.78 is 52.8. The molecule has 1 aromatic rings. The maximum absolute atomic E-state index is 11.5. The zero-order valence-corrected chi connectivity index (χ0v) is 12.3. The first-order valence-corrected chi connectivity index (χ1v) is 8.17. The van der Waals surface area contributed by atoms with Crippen molar-refractivity contribution in [2.45, 2.75) is 4.90 Å². The number of hydrogen-bond acceptors (Lipinski definition) is 6. The Morgan fingerprint density at radius 3 is 2.40 bits per heavy atom. The maximum Gasteiger partial charge on any atom is 0.422 e. The van der Waals surface area contributed by atoms with Crippen LogP contribution in [0.15, 0.2) is 23.1 Å². The second-order valence-electron chi connectivity index (χ2n) is 3.39.